The highest BCUT2D eigenvalue weighted by Crippen LogP contribution is 2.20. The van der Waals surface area contributed by atoms with Gasteiger partial charge in [-0.3, -0.25) is 4.98 Å². The average Bonchev–Trinajstić information content (AvgIpc) is 2.17. The lowest BCUT2D eigenvalue weighted by atomic mass is 10.0. The molecule has 0 aromatic carbocycles. The quantitative estimate of drug-likeness (QED) is 0.757. The van der Waals surface area contributed by atoms with Gasteiger partial charge in [-0.15, -0.1) is 0 Å². The Hall–Kier alpha value is -1.16. The summed E-state index contributed by atoms with van der Waals surface area (Å²) in [6, 6.07) is 3.82. The Labute approximate surface area is 89.1 Å². The zero-order valence-electron chi connectivity index (χ0n) is 8.86. The molecule has 2 rings (SSSR count). The third kappa shape index (κ3) is 2.45. The third-order valence-electron chi connectivity index (χ3n) is 2.69. The van der Waals surface area contributed by atoms with Crippen molar-refractivity contribution < 1.29 is 4.39 Å². The molecule has 0 spiro atoms. The van der Waals surface area contributed by atoms with Crippen molar-refractivity contribution in [2.45, 2.75) is 25.6 Å². The lowest BCUT2D eigenvalue weighted by molar-refractivity contribution is 0.269. The maximum atomic E-state index is 13.3. The molecule has 2 N–H and O–H groups in total. The molecule has 1 aliphatic rings. The summed E-state index contributed by atoms with van der Waals surface area (Å²) in [5, 5.41) is 0. The molecule has 4 heteroatoms. The predicted molar refractivity (Wildman–Crippen MR) is 58.7 cm³/mol. The van der Waals surface area contributed by atoms with Crippen molar-refractivity contribution in [2.24, 2.45) is 5.73 Å². The van der Waals surface area contributed by atoms with Gasteiger partial charge in [0.05, 0.1) is 11.9 Å². The molecule has 1 aliphatic heterocycles. The second kappa shape index (κ2) is 4.14. The summed E-state index contributed by atoms with van der Waals surface area (Å²) in [6.07, 6.45) is 1.42. The molecule has 2 heterocycles. The SMILES string of the molecule is Cc1ccc(N2C[C@@H](N)C[C@H](F)C2)cn1. The first-order valence-electron chi connectivity index (χ1n) is 5.22. The van der Waals surface area contributed by atoms with Crippen LogP contribution in [0.1, 0.15) is 12.1 Å². The Kier molecular flexibility index (Phi) is 2.86. The molecule has 0 amide bonds. The monoisotopic (exact) mass is 209 g/mol. The van der Waals surface area contributed by atoms with Gasteiger partial charge in [0.2, 0.25) is 0 Å². The highest BCUT2D eigenvalue weighted by atomic mass is 19.1. The van der Waals surface area contributed by atoms with Gasteiger partial charge in [0.15, 0.2) is 0 Å². The number of aromatic nitrogens is 1. The van der Waals surface area contributed by atoms with Crippen molar-refractivity contribution in [1.29, 1.82) is 0 Å². The fourth-order valence-corrected chi connectivity index (χ4v) is 1.93. The van der Waals surface area contributed by atoms with Crippen molar-refractivity contribution >= 4 is 5.69 Å². The number of piperidine rings is 1. The van der Waals surface area contributed by atoms with Gasteiger partial charge in [0, 0.05) is 24.8 Å². The van der Waals surface area contributed by atoms with Crippen LogP contribution in [0, 0.1) is 6.92 Å². The Morgan fingerprint density at radius 2 is 2.27 bits per heavy atom. The molecule has 0 aliphatic carbocycles. The van der Waals surface area contributed by atoms with Crippen molar-refractivity contribution in [3.63, 3.8) is 0 Å². The zero-order valence-corrected chi connectivity index (χ0v) is 8.86. The summed E-state index contributed by atoms with van der Waals surface area (Å²) >= 11 is 0. The maximum Gasteiger partial charge on any atom is 0.119 e. The van der Waals surface area contributed by atoms with Gasteiger partial charge in [-0.25, -0.2) is 4.39 Å². The van der Waals surface area contributed by atoms with Crippen LogP contribution in [0.25, 0.3) is 0 Å². The van der Waals surface area contributed by atoms with Crippen LogP contribution in [0.2, 0.25) is 0 Å². The molecule has 2 atom stereocenters. The van der Waals surface area contributed by atoms with Crippen molar-refractivity contribution in [1.82, 2.24) is 4.98 Å². The van der Waals surface area contributed by atoms with Gasteiger partial charge in [0.25, 0.3) is 0 Å². The van der Waals surface area contributed by atoms with Crippen LogP contribution < -0.4 is 10.6 Å². The topological polar surface area (TPSA) is 42.1 Å². The molecule has 3 nitrogen and oxygen atoms in total. The number of aryl methyl sites for hydroxylation is 1. The zero-order chi connectivity index (χ0) is 10.8. The van der Waals surface area contributed by atoms with E-state index in [0.29, 0.717) is 19.5 Å². The Bertz CT molecular complexity index is 315. The number of rotatable bonds is 1. The first-order chi connectivity index (χ1) is 7.15. The summed E-state index contributed by atoms with van der Waals surface area (Å²) in [5.41, 5.74) is 7.71. The Morgan fingerprint density at radius 3 is 2.87 bits per heavy atom. The molecule has 1 aromatic rings. The van der Waals surface area contributed by atoms with Crippen LogP contribution in [-0.4, -0.2) is 30.3 Å². The van der Waals surface area contributed by atoms with E-state index in [9.17, 15) is 4.39 Å². The van der Waals surface area contributed by atoms with Gasteiger partial charge < -0.3 is 10.6 Å². The Morgan fingerprint density at radius 1 is 1.47 bits per heavy atom. The van der Waals surface area contributed by atoms with E-state index in [2.05, 4.69) is 4.98 Å². The highest BCUT2D eigenvalue weighted by Gasteiger charge is 2.24. The summed E-state index contributed by atoms with van der Waals surface area (Å²) in [6.45, 7) is 3.08. The second-order valence-electron chi connectivity index (χ2n) is 4.16. The molecular formula is C11H16FN3. The number of alkyl halides is 1. The summed E-state index contributed by atoms with van der Waals surface area (Å²) in [5.74, 6) is 0. The number of nitrogens with two attached hydrogens (primary N) is 1. The second-order valence-corrected chi connectivity index (χ2v) is 4.16. The summed E-state index contributed by atoms with van der Waals surface area (Å²) < 4.78 is 13.3. The largest absolute Gasteiger partial charge is 0.366 e. The van der Waals surface area contributed by atoms with E-state index in [1.807, 2.05) is 24.0 Å². The molecule has 1 aromatic heterocycles. The number of pyridine rings is 1. The minimum absolute atomic E-state index is 0.0740. The minimum Gasteiger partial charge on any atom is -0.366 e. The van der Waals surface area contributed by atoms with Crippen LogP contribution in [0.5, 0.6) is 0 Å². The lowest BCUT2D eigenvalue weighted by Crippen LogP contribution is -2.48. The smallest absolute Gasteiger partial charge is 0.119 e. The fourth-order valence-electron chi connectivity index (χ4n) is 1.93. The third-order valence-corrected chi connectivity index (χ3v) is 2.69. The molecule has 0 radical (unpaired) electrons. The fraction of sp³-hybridized carbons (Fsp3) is 0.545. The first kappa shape index (κ1) is 10.4. The van der Waals surface area contributed by atoms with Crippen molar-refractivity contribution in [3.05, 3.63) is 24.0 Å². The highest BCUT2D eigenvalue weighted by molar-refractivity contribution is 5.45. The van der Waals surface area contributed by atoms with Gasteiger partial charge >= 0.3 is 0 Å². The van der Waals surface area contributed by atoms with Gasteiger partial charge in [-0.1, -0.05) is 0 Å². The van der Waals surface area contributed by atoms with Crippen LogP contribution in [0.4, 0.5) is 10.1 Å². The van der Waals surface area contributed by atoms with Crippen molar-refractivity contribution in [2.75, 3.05) is 18.0 Å². The van der Waals surface area contributed by atoms with E-state index < -0.39 is 6.17 Å². The first-order valence-corrected chi connectivity index (χ1v) is 5.22. The van der Waals surface area contributed by atoms with Gasteiger partial charge in [-0.05, 0) is 25.5 Å². The van der Waals surface area contributed by atoms with E-state index in [4.69, 9.17) is 5.73 Å². The van der Waals surface area contributed by atoms with E-state index in [-0.39, 0.29) is 6.04 Å². The summed E-state index contributed by atoms with van der Waals surface area (Å²) in [4.78, 5) is 6.16. The summed E-state index contributed by atoms with van der Waals surface area (Å²) in [7, 11) is 0. The van der Waals surface area contributed by atoms with Gasteiger partial charge in [-0.2, -0.15) is 0 Å². The predicted octanol–water partition coefficient (Wildman–Crippen LogP) is 1.27. The molecule has 1 saturated heterocycles. The number of anilines is 1. The van der Waals surface area contributed by atoms with E-state index >= 15 is 0 Å². The number of hydrogen-bond donors (Lipinski definition) is 1. The van der Waals surface area contributed by atoms with Crippen LogP contribution in [0.15, 0.2) is 18.3 Å². The Balaban J connectivity index is 2.12. The lowest BCUT2D eigenvalue weighted by Gasteiger charge is -2.34. The molecule has 15 heavy (non-hydrogen) atoms. The van der Waals surface area contributed by atoms with Crippen LogP contribution in [0.3, 0.4) is 0 Å². The van der Waals surface area contributed by atoms with E-state index in [0.717, 1.165) is 11.4 Å². The standard InChI is InChI=1S/C11H16FN3/c1-8-2-3-11(5-14-8)15-6-9(12)4-10(13)7-15/h2-3,5,9-10H,4,6-7,13H2,1H3/t9-,10-/m0/s1. The van der Waals surface area contributed by atoms with Crippen LogP contribution >= 0.6 is 0 Å². The van der Waals surface area contributed by atoms with Gasteiger partial charge in [0.1, 0.15) is 6.17 Å². The molecule has 82 valence electrons. The molecule has 0 unspecified atom stereocenters. The number of nitrogens with zero attached hydrogens (tertiary/aromatic N) is 2. The maximum absolute atomic E-state index is 13.3. The molecule has 1 fully saturated rings. The number of hydrogen-bond acceptors (Lipinski definition) is 3. The van der Waals surface area contributed by atoms with E-state index in [1.165, 1.54) is 0 Å². The molecule has 0 saturated carbocycles. The average molecular weight is 209 g/mol. The molecule has 0 bridgehead atoms. The number of halogens is 1. The molecular weight excluding hydrogens is 193 g/mol. The van der Waals surface area contributed by atoms with Crippen LogP contribution in [-0.2, 0) is 0 Å². The van der Waals surface area contributed by atoms with Crippen molar-refractivity contribution in [3.8, 4) is 0 Å². The minimum atomic E-state index is -0.824. The normalized spacial score (nSPS) is 26.7. The van der Waals surface area contributed by atoms with E-state index in [1.54, 1.807) is 6.20 Å².